The number of rotatable bonds is 12. The third-order valence-corrected chi connectivity index (χ3v) is 9.09. The molecule has 1 fully saturated rings. The van der Waals surface area contributed by atoms with Crippen LogP contribution in [0.3, 0.4) is 0 Å². The maximum atomic E-state index is 16.0. The zero-order valence-electron chi connectivity index (χ0n) is 25.3. The molecule has 2 aromatic carbocycles. The van der Waals surface area contributed by atoms with Gasteiger partial charge in [-0.05, 0) is 69.6 Å². The van der Waals surface area contributed by atoms with E-state index in [1.165, 1.54) is 16.4 Å². The molecule has 1 amide bonds. The lowest BCUT2D eigenvalue weighted by Gasteiger charge is -2.47. The first kappa shape index (κ1) is 33.1. The maximum absolute atomic E-state index is 16.0. The Kier molecular flexibility index (Phi) is 11.1. The van der Waals surface area contributed by atoms with Crippen molar-refractivity contribution in [1.29, 1.82) is 0 Å². The molecule has 1 aliphatic rings. The Morgan fingerprint density at radius 3 is 2.39 bits per heavy atom. The fraction of sp³-hybridized carbons (Fsp3) is 0.581. The number of benzene rings is 2. The molecule has 3 rings (SSSR count). The lowest BCUT2D eigenvalue weighted by Crippen LogP contribution is -2.53. The fourth-order valence-corrected chi connectivity index (χ4v) is 7.34. The Balaban J connectivity index is 1.90. The third kappa shape index (κ3) is 9.58. The molecule has 10 heteroatoms. The summed E-state index contributed by atoms with van der Waals surface area (Å²) in [5.74, 6) is -1.34. The predicted octanol–water partition coefficient (Wildman–Crippen LogP) is 6.03. The standard InChI is InChI=1S/C31H49FN4O4S/c1-7-33-23-18-24(28(32)26(19-23)36-15-11-12-16-41(36,39)40)29(38)35-25(17-22-13-9-8-10-14-22)27(37)20-34-31(5,6)21-30(2,3)4/h8-10,13-14,18-19,25,27,33-34,37,39-40H,7,11-12,15-17,20-21H2,1-6H3,(H,35,38)/t25-,27+/m0/s1. The molecule has 0 bridgehead atoms. The largest absolute Gasteiger partial charge is 0.390 e. The van der Waals surface area contributed by atoms with Crippen molar-refractivity contribution in [3.05, 3.63) is 59.4 Å². The summed E-state index contributed by atoms with van der Waals surface area (Å²) in [5, 5.41) is 20.8. The van der Waals surface area contributed by atoms with Crippen LogP contribution in [0, 0.1) is 11.2 Å². The van der Waals surface area contributed by atoms with Crippen LogP contribution in [0.1, 0.15) is 76.7 Å². The van der Waals surface area contributed by atoms with E-state index >= 15 is 4.39 Å². The van der Waals surface area contributed by atoms with Gasteiger partial charge >= 0.3 is 0 Å². The molecule has 2 aromatic rings. The summed E-state index contributed by atoms with van der Waals surface area (Å²) in [5.41, 5.74) is 1.03. The smallest absolute Gasteiger partial charge is 0.254 e. The zero-order valence-corrected chi connectivity index (χ0v) is 26.2. The Labute approximate surface area is 246 Å². The molecule has 8 nitrogen and oxygen atoms in total. The summed E-state index contributed by atoms with van der Waals surface area (Å²) in [6.45, 7) is 13.6. The molecule has 41 heavy (non-hydrogen) atoms. The van der Waals surface area contributed by atoms with Crippen molar-refractivity contribution in [2.45, 2.75) is 84.9 Å². The SMILES string of the molecule is CCNc1cc(C(=O)N[C@@H](Cc2ccccc2)[C@H](O)CNC(C)(C)CC(C)(C)C)c(F)c(N2CCCCS2(O)O)c1. The van der Waals surface area contributed by atoms with Crippen molar-refractivity contribution in [3.8, 4) is 0 Å². The minimum Gasteiger partial charge on any atom is -0.390 e. The average molecular weight is 593 g/mol. The Hall–Kier alpha value is -2.37. The predicted molar refractivity (Wildman–Crippen MR) is 168 cm³/mol. The van der Waals surface area contributed by atoms with E-state index in [0.29, 0.717) is 31.5 Å². The second kappa shape index (κ2) is 13.7. The molecule has 0 aliphatic carbocycles. The third-order valence-electron chi connectivity index (χ3n) is 7.17. The van der Waals surface area contributed by atoms with Gasteiger partial charge in [0.15, 0.2) is 5.82 Å². The van der Waals surface area contributed by atoms with Gasteiger partial charge in [-0.2, -0.15) is 0 Å². The molecule has 0 aromatic heterocycles. The van der Waals surface area contributed by atoms with Crippen LogP contribution in [0.25, 0.3) is 0 Å². The number of hydrogen-bond acceptors (Lipinski definition) is 7. The highest BCUT2D eigenvalue weighted by atomic mass is 32.3. The zero-order chi connectivity index (χ0) is 30.4. The number of nitrogens with one attached hydrogen (secondary N) is 3. The van der Waals surface area contributed by atoms with Crippen LogP contribution in [0.5, 0.6) is 0 Å². The number of halogens is 1. The highest BCUT2D eigenvalue weighted by molar-refractivity contribution is 8.25. The van der Waals surface area contributed by atoms with Crippen LogP contribution >= 0.6 is 10.8 Å². The van der Waals surface area contributed by atoms with Gasteiger partial charge in [0.25, 0.3) is 5.91 Å². The molecule has 1 aliphatic heterocycles. The number of hydrogen-bond donors (Lipinski definition) is 6. The molecule has 230 valence electrons. The van der Waals surface area contributed by atoms with E-state index in [-0.39, 0.29) is 41.0 Å². The second-order valence-corrected chi connectivity index (χ2v) is 15.0. The van der Waals surface area contributed by atoms with Gasteiger partial charge in [0, 0.05) is 30.9 Å². The number of aliphatic hydroxyl groups excluding tert-OH is 1. The Morgan fingerprint density at radius 1 is 1.10 bits per heavy atom. The molecule has 2 atom stereocenters. The summed E-state index contributed by atoms with van der Waals surface area (Å²) in [6.07, 6.45) is 1.60. The van der Waals surface area contributed by atoms with Gasteiger partial charge in [-0.15, -0.1) is 10.8 Å². The second-order valence-electron chi connectivity index (χ2n) is 12.9. The van der Waals surface area contributed by atoms with Crippen molar-refractivity contribution >= 4 is 28.1 Å². The monoisotopic (exact) mass is 592 g/mol. The lowest BCUT2D eigenvalue weighted by molar-refractivity contribution is 0.0800. The van der Waals surface area contributed by atoms with Crippen molar-refractivity contribution in [2.24, 2.45) is 5.41 Å². The van der Waals surface area contributed by atoms with Crippen LogP contribution in [0.2, 0.25) is 0 Å². The first-order valence-electron chi connectivity index (χ1n) is 14.5. The van der Waals surface area contributed by atoms with Crippen LogP contribution in [-0.4, -0.2) is 63.2 Å². The van der Waals surface area contributed by atoms with E-state index in [1.54, 1.807) is 0 Å². The number of carbonyl (C=O) groups is 1. The van der Waals surface area contributed by atoms with E-state index in [4.69, 9.17) is 0 Å². The minimum atomic E-state index is -3.20. The van der Waals surface area contributed by atoms with Gasteiger partial charge < -0.3 is 21.1 Å². The summed E-state index contributed by atoms with van der Waals surface area (Å²) in [6, 6.07) is 11.8. The number of β-amino-alcohol motifs (C(OH)–C–C–N with tert-alkyl or cyclic N) is 1. The van der Waals surface area contributed by atoms with Crippen LogP contribution < -0.4 is 20.3 Å². The summed E-state index contributed by atoms with van der Waals surface area (Å²) in [4.78, 5) is 13.7. The van der Waals surface area contributed by atoms with Crippen LogP contribution in [0.4, 0.5) is 15.8 Å². The van der Waals surface area contributed by atoms with Gasteiger partial charge in [-0.3, -0.25) is 18.2 Å². The molecule has 0 radical (unpaired) electrons. The molecule has 0 spiro atoms. The maximum Gasteiger partial charge on any atom is 0.254 e. The van der Waals surface area contributed by atoms with E-state index in [9.17, 15) is 19.0 Å². The molecular weight excluding hydrogens is 543 g/mol. The van der Waals surface area contributed by atoms with Crippen molar-refractivity contribution in [1.82, 2.24) is 10.6 Å². The van der Waals surface area contributed by atoms with Gasteiger partial charge in [0.2, 0.25) is 0 Å². The van der Waals surface area contributed by atoms with E-state index in [2.05, 4.69) is 50.6 Å². The van der Waals surface area contributed by atoms with Gasteiger partial charge in [0.1, 0.15) is 0 Å². The van der Waals surface area contributed by atoms with Crippen LogP contribution in [0.15, 0.2) is 42.5 Å². The molecule has 0 unspecified atom stereocenters. The van der Waals surface area contributed by atoms with Gasteiger partial charge in [0.05, 0.1) is 29.1 Å². The first-order valence-corrected chi connectivity index (χ1v) is 16.2. The number of nitrogens with zero attached hydrogens (tertiary/aromatic N) is 1. The number of anilines is 2. The number of amides is 1. The van der Waals surface area contributed by atoms with E-state index < -0.39 is 34.6 Å². The molecule has 6 N–H and O–H groups in total. The highest BCUT2D eigenvalue weighted by Gasteiger charge is 2.33. The quantitative estimate of drug-likeness (QED) is 0.178. The van der Waals surface area contributed by atoms with Crippen molar-refractivity contribution in [3.63, 3.8) is 0 Å². The molecule has 1 heterocycles. The average Bonchev–Trinajstić information content (AvgIpc) is 2.87. The number of aliphatic hydroxyl groups is 1. The molecule has 0 saturated carbocycles. The Morgan fingerprint density at radius 2 is 1.78 bits per heavy atom. The Bertz CT molecular complexity index is 1160. The number of carbonyl (C=O) groups excluding carboxylic acids is 1. The first-order chi connectivity index (χ1) is 19.1. The summed E-state index contributed by atoms with van der Waals surface area (Å²) in [7, 11) is -3.20. The minimum absolute atomic E-state index is 0.0148. The van der Waals surface area contributed by atoms with E-state index in [0.717, 1.165) is 12.0 Å². The summed E-state index contributed by atoms with van der Waals surface area (Å²) >= 11 is 0. The van der Waals surface area contributed by atoms with Crippen molar-refractivity contribution < 1.29 is 23.4 Å². The highest BCUT2D eigenvalue weighted by Crippen LogP contribution is 2.51. The van der Waals surface area contributed by atoms with E-state index in [1.807, 2.05) is 37.3 Å². The topological polar surface area (TPSA) is 117 Å². The normalized spacial score (nSPS) is 18.0. The fourth-order valence-electron chi connectivity index (χ4n) is 5.66. The molecule has 1 saturated heterocycles. The van der Waals surface area contributed by atoms with Crippen LogP contribution in [-0.2, 0) is 6.42 Å². The molecular formula is C31H49FN4O4S. The van der Waals surface area contributed by atoms with Gasteiger partial charge in [-0.1, -0.05) is 51.1 Å². The van der Waals surface area contributed by atoms with Crippen molar-refractivity contribution in [2.75, 3.05) is 35.0 Å². The van der Waals surface area contributed by atoms with Gasteiger partial charge in [-0.25, -0.2) is 4.39 Å². The lowest BCUT2D eigenvalue weighted by atomic mass is 9.81. The summed E-state index contributed by atoms with van der Waals surface area (Å²) < 4.78 is 38.6.